The Balaban J connectivity index is 1.38. The predicted octanol–water partition coefficient (Wildman–Crippen LogP) is 4.02. The maximum atomic E-state index is 13.6. The number of carbonyl (C=O) groups is 2. The van der Waals surface area contributed by atoms with E-state index in [1.165, 1.54) is 19.4 Å². The third-order valence-electron chi connectivity index (χ3n) is 6.44. The van der Waals surface area contributed by atoms with E-state index < -0.39 is 23.5 Å². The first-order valence-electron chi connectivity index (χ1n) is 12.5. The van der Waals surface area contributed by atoms with E-state index in [1.807, 2.05) is 0 Å². The Morgan fingerprint density at radius 2 is 1.78 bits per heavy atom. The van der Waals surface area contributed by atoms with Gasteiger partial charge in [0.05, 0.1) is 18.4 Å². The van der Waals surface area contributed by atoms with E-state index in [4.69, 9.17) is 10.1 Å². The number of nitrogens with two attached hydrogens (primary N) is 1. The van der Waals surface area contributed by atoms with Crippen LogP contribution in [-0.4, -0.2) is 41.2 Å². The molecule has 3 aromatic rings. The molecule has 0 atom stereocenters. The number of ether oxygens (including phenoxy) is 1. The van der Waals surface area contributed by atoms with Crippen molar-refractivity contribution in [1.29, 1.82) is 5.41 Å². The summed E-state index contributed by atoms with van der Waals surface area (Å²) in [7, 11) is 1.43. The van der Waals surface area contributed by atoms with Crippen LogP contribution in [0.5, 0.6) is 11.5 Å². The first kappa shape index (κ1) is 29.3. The smallest absolute Gasteiger partial charge is 0.419 e. The molecule has 0 fully saturated rings. The highest BCUT2D eigenvalue weighted by Crippen LogP contribution is 2.32. The number of carbonyl (C=O) groups excluding carboxylic acids is 2. The molecule has 5 N–H and O–H groups in total. The zero-order chi connectivity index (χ0) is 29.7. The number of benzene rings is 3. The van der Waals surface area contributed by atoms with Crippen LogP contribution in [0.2, 0.25) is 0 Å². The molecule has 12 heteroatoms. The van der Waals surface area contributed by atoms with Crippen molar-refractivity contribution in [1.82, 2.24) is 10.2 Å². The molecule has 2 amide bonds. The highest BCUT2D eigenvalue weighted by molar-refractivity contribution is 6.18. The second kappa shape index (κ2) is 12.2. The number of methoxy groups -OCH3 is 1. The molecule has 1 heterocycles. The number of nitrogens with one attached hydrogen (secondary N) is 2. The number of alkyl halides is 3. The number of hydrogen-bond acceptors (Lipinski definition) is 6. The Labute approximate surface area is 232 Å². The number of amides is 2. The average molecular weight is 572 g/mol. The summed E-state index contributed by atoms with van der Waals surface area (Å²) in [5.74, 6) is -2.08. The molecule has 0 aliphatic carbocycles. The number of primary amides is 1. The highest BCUT2D eigenvalue weighted by Gasteiger charge is 2.35. The van der Waals surface area contributed by atoms with Crippen LogP contribution in [0.25, 0.3) is 0 Å². The number of hydrogen-bond donors (Lipinski definition) is 4. The van der Waals surface area contributed by atoms with Gasteiger partial charge < -0.3 is 25.5 Å². The molecule has 0 bridgehead atoms. The summed E-state index contributed by atoms with van der Waals surface area (Å²) in [6, 6.07) is 13.9. The van der Waals surface area contributed by atoms with E-state index in [0.29, 0.717) is 36.5 Å². The molecule has 3 aromatic carbocycles. The number of rotatable bonds is 8. The summed E-state index contributed by atoms with van der Waals surface area (Å²) in [5, 5.41) is 21.6. The number of phenolic OH excluding ortho intramolecular Hbond substituents is 1. The maximum absolute atomic E-state index is 13.6. The Bertz CT molecular complexity index is 1500. The van der Waals surface area contributed by atoms with Gasteiger partial charge >= 0.3 is 12.1 Å². The summed E-state index contributed by atoms with van der Waals surface area (Å²) < 4.78 is 57.8. The predicted molar refractivity (Wildman–Crippen MR) is 141 cm³/mol. The molecular weight excluding hydrogens is 544 g/mol. The van der Waals surface area contributed by atoms with E-state index in [0.717, 1.165) is 22.5 Å². The quantitative estimate of drug-likeness (QED) is 0.241. The minimum atomic E-state index is -4.90. The third kappa shape index (κ3) is 7.28. The third-order valence-corrected chi connectivity index (χ3v) is 6.44. The van der Waals surface area contributed by atoms with Gasteiger partial charge in [-0.1, -0.05) is 18.2 Å². The SMILES string of the molecule is COc1cc(CNC(=O)c2ccc(CN3C=C(C(=O)[NH2+]c4ccc(F)c(C(F)(F)F)c4)C(=N)CC3)cc2)ccc1O. The average Bonchev–Trinajstić information content (AvgIpc) is 2.94. The van der Waals surface area contributed by atoms with Crippen LogP contribution in [0.3, 0.4) is 0 Å². The van der Waals surface area contributed by atoms with Crippen molar-refractivity contribution in [2.75, 3.05) is 13.7 Å². The molecule has 1 aliphatic heterocycles. The summed E-state index contributed by atoms with van der Waals surface area (Å²) in [6.45, 7) is 1.04. The largest absolute Gasteiger partial charge is 0.504 e. The summed E-state index contributed by atoms with van der Waals surface area (Å²) in [4.78, 5) is 27.2. The molecule has 0 unspecified atom stereocenters. The first-order chi connectivity index (χ1) is 19.4. The molecule has 0 aromatic heterocycles. The molecule has 0 saturated carbocycles. The summed E-state index contributed by atoms with van der Waals surface area (Å²) in [5.41, 5.74) is 0.515. The fourth-order valence-corrected chi connectivity index (χ4v) is 4.24. The second-order valence-corrected chi connectivity index (χ2v) is 9.37. The standard InChI is InChI=1S/C29H26F4N4O4/c1-41-26-12-18(4-9-25(26)38)14-35-27(39)19-5-2-17(3-6-19)15-37-11-10-24(34)21(16-37)28(40)36-20-7-8-23(30)22(13-20)29(31,32)33/h2-9,12-13,16,34,38H,10-11,14-15H2,1H3,(H,35,39)(H,36,40)/p+1. The van der Waals surface area contributed by atoms with E-state index in [9.17, 15) is 32.3 Å². The van der Waals surface area contributed by atoms with E-state index in [1.54, 1.807) is 41.3 Å². The lowest BCUT2D eigenvalue weighted by molar-refractivity contribution is -0.479. The minimum absolute atomic E-state index is 0.000534. The van der Waals surface area contributed by atoms with E-state index in [-0.39, 0.29) is 41.6 Å². The molecule has 214 valence electrons. The van der Waals surface area contributed by atoms with Gasteiger partial charge in [0.15, 0.2) is 11.5 Å². The van der Waals surface area contributed by atoms with Crippen molar-refractivity contribution >= 4 is 23.2 Å². The van der Waals surface area contributed by atoms with Crippen molar-refractivity contribution in [3.63, 3.8) is 0 Å². The molecule has 41 heavy (non-hydrogen) atoms. The molecule has 0 radical (unpaired) electrons. The Kier molecular flexibility index (Phi) is 8.72. The van der Waals surface area contributed by atoms with Crippen molar-refractivity contribution in [2.45, 2.75) is 25.7 Å². The molecule has 0 spiro atoms. The van der Waals surface area contributed by atoms with Gasteiger partial charge in [0.2, 0.25) is 0 Å². The van der Waals surface area contributed by atoms with Crippen LogP contribution in [0.1, 0.15) is 33.5 Å². The molecular formula is C29H27F4N4O4+. The van der Waals surface area contributed by atoms with Crippen molar-refractivity contribution in [3.8, 4) is 11.5 Å². The monoisotopic (exact) mass is 571 g/mol. The Morgan fingerprint density at radius 3 is 2.46 bits per heavy atom. The van der Waals surface area contributed by atoms with E-state index >= 15 is 0 Å². The van der Waals surface area contributed by atoms with Gasteiger partial charge in [0.1, 0.15) is 17.1 Å². The first-order valence-corrected chi connectivity index (χ1v) is 12.5. The van der Waals surface area contributed by atoms with Gasteiger partial charge in [-0.3, -0.25) is 4.79 Å². The summed E-state index contributed by atoms with van der Waals surface area (Å²) >= 11 is 0. The van der Waals surface area contributed by atoms with Crippen molar-refractivity contribution in [2.24, 2.45) is 0 Å². The number of phenols is 1. The Morgan fingerprint density at radius 1 is 1.07 bits per heavy atom. The fourth-order valence-electron chi connectivity index (χ4n) is 4.24. The lowest BCUT2D eigenvalue weighted by Gasteiger charge is -2.26. The molecule has 1 aliphatic rings. The Hall–Kier alpha value is -4.71. The van der Waals surface area contributed by atoms with Crippen LogP contribution in [0.15, 0.2) is 72.4 Å². The molecule has 8 nitrogen and oxygen atoms in total. The van der Waals surface area contributed by atoms with Gasteiger partial charge in [-0.05, 0) is 41.5 Å². The molecule has 0 saturated heterocycles. The van der Waals surface area contributed by atoms with Crippen LogP contribution >= 0.6 is 0 Å². The van der Waals surface area contributed by atoms with Gasteiger partial charge in [-0.25, -0.2) is 14.5 Å². The maximum Gasteiger partial charge on any atom is 0.419 e. The van der Waals surface area contributed by atoms with Gasteiger partial charge in [-0.2, -0.15) is 13.2 Å². The van der Waals surface area contributed by atoms with Crippen LogP contribution in [0, 0.1) is 11.2 Å². The van der Waals surface area contributed by atoms with Crippen molar-refractivity contribution < 1.29 is 42.3 Å². The number of nitrogens with zero attached hydrogens (tertiary/aromatic N) is 1. The number of quaternary nitrogens is 1. The lowest BCUT2D eigenvalue weighted by Crippen LogP contribution is -2.83. The normalized spacial score (nSPS) is 13.5. The second-order valence-electron chi connectivity index (χ2n) is 9.37. The zero-order valence-electron chi connectivity index (χ0n) is 21.9. The van der Waals surface area contributed by atoms with Gasteiger partial charge in [-0.15, -0.1) is 0 Å². The zero-order valence-corrected chi connectivity index (χ0v) is 21.9. The number of halogens is 4. The lowest BCUT2D eigenvalue weighted by atomic mass is 10.0. The van der Waals surface area contributed by atoms with Crippen molar-refractivity contribution in [3.05, 3.63) is 101 Å². The highest BCUT2D eigenvalue weighted by atomic mass is 19.4. The minimum Gasteiger partial charge on any atom is -0.504 e. The molecule has 4 rings (SSSR count). The van der Waals surface area contributed by atoms with Gasteiger partial charge in [0, 0.05) is 50.0 Å². The van der Waals surface area contributed by atoms with Crippen LogP contribution < -0.4 is 15.4 Å². The fraction of sp³-hybridized carbons (Fsp3) is 0.207. The van der Waals surface area contributed by atoms with Gasteiger partial charge in [0.25, 0.3) is 5.91 Å². The summed E-state index contributed by atoms with van der Waals surface area (Å²) in [6.07, 6.45) is -3.15. The van der Waals surface area contributed by atoms with E-state index in [2.05, 4.69) is 5.32 Å². The van der Waals surface area contributed by atoms with Crippen LogP contribution in [0.4, 0.5) is 23.2 Å². The topological polar surface area (TPSA) is 119 Å². The number of aromatic hydroxyl groups is 1. The van der Waals surface area contributed by atoms with Crippen LogP contribution in [-0.2, 0) is 24.1 Å².